The number of carbonyl (C=O) groups excluding carboxylic acids is 6. The minimum absolute atomic E-state index is 0. The summed E-state index contributed by atoms with van der Waals surface area (Å²) >= 11 is 2.48. The maximum Gasteiger partial charge on any atom is 2.00 e. The van der Waals surface area contributed by atoms with Crippen LogP contribution in [0.1, 0.15) is 52.4 Å². The Morgan fingerprint density at radius 2 is 1.28 bits per heavy atom. The number of aliphatic imine (C=N–C) groups is 1. The predicted molar refractivity (Wildman–Crippen MR) is 194 cm³/mol. The summed E-state index contributed by atoms with van der Waals surface area (Å²) in [6, 6.07) is -4.10. The average molecular weight is 869 g/mol. The van der Waals surface area contributed by atoms with Crippen LogP contribution in [0.2, 0.25) is 0 Å². The van der Waals surface area contributed by atoms with E-state index < -0.39 is 94.4 Å². The van der Waals surface area contributed by atoms with Gasteiger partial charge in [-0.3, -0.25) is 43.6 Å². The quantitative estimate of drug-likeness (QED) is 0.0249. The zero-order valence-corrected chi connectivity index (χ0v) is 34.5. The maximum absolute atomic E-state index is 12.4. The summed E-state index contributed by atoms with van der Waals surface area (Å²) in [7, 11) is 0. The van der Waals surface area contributed by atoms with Gasteiger partial charge in [0.25, 0.3) is 11.8 Å². The molecule has 0 aliphatic carbocycles. The van der Waals surface area contributed by atoms with Crippen LogP contribution < -0.4 is 27.0 Å². The van der Waals surface area contributed by atoms with Crippen molar-refractivity contribution < 1.29 is 78.2 Å². The SMILES string of the molecule is CC(=O)OCC1=C(C(=O)O)N2C(=O)C(N=C([O-])CCCC(N)C(=O)[O-])[C@H]2SC1.CC(=O)OCC1=C(C(=O)O)N2C(=O)C(NC(=O)CCCC(N)C(=O)O)[C@H]2SC1.[Ca+2]. The Hall–Kier alpha value is -3.94. The fraction of sp³-hybridized carbons (Fsp3) is 0.562. The molecule has 3 amide bonds. The number of nitrogens with one attached hydrogen (secondary N) is 1. The van der Waals surface area contributed by atoms with E-state index in [0.29, 0.717) is 11.1 Å². The first-order valence-corrected chi connectivity index (χ1v) is 18.9. The normalized spacial score (nSPS) is 22.1. The van der Waals surface area contributed by atoms with E-state index in [9.17, 15) is 63.6 Å². The number of hydrogen-bond donors (Lipinski definition) is 6. The predicted octanol–water partition coefficient (Wildman–Crippen LogP) is -4.33. The van der Waals surface area contributed by atoms with E-state index in [0.717, 1.165) is 9.80 Å². The van der Waals surface area contributed by atoms with Crippen LogP contribution in [0.4, 0.5) is 0 Å². The topological polar surface area (TPSA) is 362 Å². The molecule has 0 spiro atoms. The first-order chi connectivity index (χ1) is 26.3. The summed E-state index contributed by atoms with van der Waals surface area (Å²) < 4.78 is 9.67. The molecule has 2 saturated heterocycles. The molecule has 4 heterocycles. The smallest absolute Gasteiger partial charge is 0.862 e. The third kappa shape index (κ3) is 13.0. The second-order valence-electron chi connectivity index (χ2n) is 12.6. The number of carboxylic acid groups (broad SMARTS) is 4. The Bertz CT molecular complexity index is 1740. The Kier molecular flexibility index (Phi) is 19.2. The van der Waals surface area contributed by atoms with Gasteiger partial charge in [-0.1, -0.05) is 0 Å². The van der Waals surface area contributed by atoms with Crippen molar-refractivity contribution >= 4 is 121 Å². The van der Waals surface area contributed by atoms with E-state index in [2.05, 4.69) is 10.3 Å². The number of carbonyl (C=O) groups is 9. The van der Waals surface area contributed by atoms with Gasteiger partial charge in [-0.2, -0.15) is 0 Å². The molecule has 4 aliphatic rings. The van der Waals surface area contributed by atoms with E-state index in [4.69, 9.17) is 26.0 Å². The molecule has 22 nitrogen and oxygen atoms in total. The number of thioether (sulfide) groups is 2. The van der Waals surface area contributed by atoms with Crippen LogP contribution in [0.15, 0.2) is 27.5 Å². The van der Waals surface area contributed by atoms with Crippen molar-refractivity contribution in [3.8, 4) is 0 Å². The van der Waals surface area contributed by atoms with Crippen LogP contribution >= 0.6 is 23.5 Å². The van der Waals surface area contributed by atoms with Crippen molar-refractivity contribution in [1.82, 2.24) is 15.1 Å². The second kappa shape index (κ2) is 22.3. The van der Waals surface area contributed by atoms with Gasteiger partial charge in [0.2, 0.25) is 5.91 Å². The minimum Gasteiger partial charge on any atom is -0.862 e. The molecule has 4 aliphatic heterocycles. The molecule has 25 heteroatoms. The van der Waals surface area contributed by atoms with Crippen LogP contribution in [-0.2, 0) is 52.6 Å². The van der Waals surface area contributed by atoms with Crippen molar-refractivity contribution in [2.24, 2.45) is 16.5 Å². The van der Waals surface area contributed by atoms with Gasteiger partial charge in [-0.25, -0.2) is 9.59 Å². The number of rotatable bonds is 18. The molecule has 4 rings (SSSR count). The number of fused-ring (bicyclic) bond motifs is 2. The molecule has 0 aromatic carbocycles. The standard InChI is InChI=1S/2C16H21N3O8S.Ca/c2*1-7(20)27-5-8-6-28-14-11(13(22)19(14)12(8)16(25)26)18-10(21)4-2-3-9(17)15(23)24;/h2*9,11,14H,2-6,17H2,1H3,(H,18,21)(H,23,24)(H,25,26);/q;;+2/p-2/t2*9?,11?,14-;/m11./s1. The second-order valence-corrected chi connectivity index (χ2v) is 14.8. The maximum atomic E-state index is 12.4. The number of nitrogens with two attached hydrogens (primary N) is 2. The zero-order valence-electron chi connectivity index (χ0n) is 30.7. The summed E-state index contributed by atoms with van der Waals surface area (Å²) in [6.07, 6.45) is 0.499. The monoisotopic (exact) mass is 868 g/mol. The van der Waals surface area contributed by atoms with Crippen LogP contribution in [-0.4, -0.2) is 182 Å². The fourth-order valence-corrected chi connectivity index (χ4v) is 8.23. The van der Waals surface area contributed by atoms with Crippen LogP contribution in [0.5, 0.6) is 0 Å². The first kappa shape index (κ1) is 49.2. The van der Waals surface area contributed by atoms with Gasteiger partial charge < -0.3 is 56.6 Å². The third-order valence-corrected chi connectivity index (χ3v) is 11.1. The largest absolute Gasteiger partial charge is 2.00 e. The number of ether oxygens (including phenoxy) is 2. The van der Waals surface area contributed by atoms with Crippen molar-refractivity contribution in [1.29, 1.82) is 0 Å². The summed E-state index contributed by atoms with van der Waals surface area (Å²) in [6.45, 7) is 1.93. The van der Waals surface area contributed by atoms with Gasteiger partial charge in [-0.05, 0) is 38.0 Å². The van der Waals surface area contributed by atoms with Gasteiger partial charge in [0.05, 0.1) is 5.97 Å². The summed E-state index contributed by atoms with van der Waals surface area (Å²) in [5.41, 5.74) is 10.8. The van der Waals surface area contributed by atoms with Crippen molar-refractivity contribution in [2.75, 3.05) is 24.7 Å². The fourth-order valence-electron chi connectivity index (χ4n) is 5.59. The zero-order chi connectivity index (χ0) is 42.0. The molecule has 0 aromatic heterocycles. The number of esters is 2. The number of hydrogen-bond acceptors (Lipinski definition) is 18. The molecule has 0 bridgehead atoms. The van der Waals surface area contributed by atoms with Gasteiger partial charge in [0, 0.05) is 49.0 Å². The van der Waals surface area contributed by atoms with Gasteiger partial charge in [0.1, 0.15) is 47.4 Å². The number of amides is 3. The van der Waals surface area contributed by atoms with Gasteiger partial charge >= 0.3 is 67.6 Å². The van der Waals surface area contributed by atoms with Crippen molar-refractivity contribution in [2.45, 2.75) is 87.3 Å². The number of nitrogens with zero attached hydrogens (tertiary/aromatic N) is 3. The Balaban J connectivity index is 0.000000387. The van der Waals surface area contributed by atoms with E-state index in [1.54, 1.807) is 0 Å². The molecule has 57 heavy (non-hydrogen) atoms. The van der Waals surface area contributed by atoms with Gasteiger partial charge in [0.15, 0.2) is 6.04 Å². The van der Waals surface area contributed by atoms with Crippen LogP contribution in [0.3, 0.4) is 0 Å². The number of aliphatic carboxylic acids is 4. The van der Waals surface area contributed by atoms with Gasteiger partial charge in [-0.15, -0.1) is 23.5 Å². The van der Waals surface area contributed by atoms with Crippen molar-refractivity contribution in [3.63, 3.8) is 0 Å². The molecular formula is C32H40CaN6O16S2. The molecular weight excluding hydrogens is 829 g/mol. The number of carboxylic acids is 4. The Morgan fingerprint density at radius 1 is 0.807 bits per heavy atom. The van der Waals surface area contributed by atoms with Crippen LogP contribution in [0, 0.1) is 0 Å². The molecule has 2 fully saturated rings. The van der Waals surface area contributed by atoms with E-state index in [-0.39, 0.29) is 112 Å². The van der Waals surface area contributed by atoms with E-state index in [1.165, 1.54) is 37.4 Å². The van der Waals surface area contributed by atoms with Crippen LogP contribution in [0.25, 0.3) is 0 Å². The molecule has 8 N–H and O–H groups in total. The number of β-lactam (4-membered cyclic amide) rings is 2. The summed E-state index contributed by atoms with van der Waals surface area (Å²) in [4.78, 5) is 109. The van der Waals surface area contributed by atoms with E-state index in [1.807, 2.05) is 0 Å². The summed E-state index contributed by atoms with van der Waals surface area (Å²) in [5, 5.41) is 51.4. The third-order valence-electron chi connectivity index (χ3n) is 8.42. The molecule has 4 unspecified atom stereocenters. The van der Waals surface area contributed by atoms with E-state index >= 15 is 0 Å². The van der Waals surface area contributed by atoms with Crippen molar-refractivity contribution in [3.05, 3.63) is 22.5 Å². The molecule has 308 valence electrons. The Morgan fingerprint density at radius 3 is 1.75 bits per heavy atom. The Labute approximate surface area is 362 Å². The average Bonchev–Trinajstić information content (AvgIpc) is 3.13. The molecule has 0 aromatic rings. The summed E-state index contributed by atoms with van der Waals surface area (Å²) in [5.74, 6) is -8.11. The molecule has 0 radical (unpaired) electrons. The molecule has 6 atom stereocenters. The molecule has 0 saturated carbocycles. The minimum atomic E-state index is -1.41. The first-order valence-electron chi connectivity index (χ1n) is 16.8.